The molecular formula is C16H32O5Si. The molecule has 0 N–H and O–H groups in total. The number of unbranched alkanes of at least 4 members (excludes halogenated alkanes) is 1. The summed E-state index contributed by atoms with van der Waals surface area (Å²) in [6.45, 7) is 13.0. The van der Waals surface area contributed by atoms with Crippen LogP contribution in [0.2, 0.25) is 18.1 Å². The first kappa shape index (κ1) is 21.1. The van der Waals surface area contributed by atoms with Gasteiger partial charge >= 0.3 is 11.9 Å². The Morgan fingerprint density at radius 3 is 2.09 bits per heavy atom. The van der Waals surface area contributed by atoms with Gasteiger partial charge in [-0.25, -0.2) is 0 Å². The molecule has 0 rings (SSSR count). The van der Waals surface area contributed by atoms with Gasteiger partial charge in [0.25, 0.3) is 0 Å². The first-order chi connectivity index (χ1) is 10.0. The highest BCUT2D eigenvalue weighted by Crippen LogP contribution is 2.38. The number of ether oxygens (including phenoxy) is 2. The Balaban J connectivity index is 4.76. The Bertz CT molecular complexity index is 360. The van der Waals surface area contributed by atoms with E-state index in [4.69, 9.17) is 13.9 Å². The number of methoxy groups -OCH3 is 1. The summed E-state index contributed by atoms with van der Waals surface area (Å²) in [5.74, 6) is -0.689. The number of carbonyl (C=O) groups excluding carboxylic acids is 2. The maximum absolute atomic E-state index is 11.9. The van der Waals surface area contributed by atoms with Gasteiger partial charge in [-0.2, -0.15) is 0 Å². The van der Waals surface area contributed by atoms with E-state index in [1.165, 1.54) is 7.11 Å². The van der Waals surface area contributed by atoms with Crippen molar-refractivity contribution in [1.82, 2.24) is 0 Å². The summed E-state index contributed by atoms with van der Waals surface area (Å²) >= 11 is 0. The fraction of sp³-hybridized carbons (Fsp3) is 0.875. The molecule has 130 valence electrons. The van der Waals surface area contributed by atoms with Crippen molar-refractivity contribution >= 4 is 20.3 Å². The van der Waals surface area contributed by atoms with Crippen molar-refractivity contribution in [3.05, 3.63) is 0 Å². The van der Waals surface area contributed by atoms with Crippen LogP contribution >= 0.6 is 0 Å². The second-order valence-corrected chi connectivity index (χ2v) is 11.8. The molecule has 0 saturated heterocycles. The fourth-order valence-corrected chi connectivity index (χ4v) is 2.95. The van der Waals surface area contributed by atoms with Gasteiger partial charge in [-0.05, 0) is 24.6 Å². The Labute approximate surface area is 135 Å². The predicted octanol–water partition coefficient (Wildman–Crippen LogP) is 3.67. The summed E-state index contributed by atoms with van der Waals surface area (Å²) in [6.07, 6.45) is 1.50. The Morgan fingerprint density at radius 1 is 1.09 bits per heavy atom. The number of carbonyl (C=O) groups is 2. The van der Waals surface area contributed by atoms with E-state index in [-0.39, 0.29) is 29.8 Å². The number of rotatable bonds is 9. The molecule has 0 spiro atoms. The largest absolute Gasteiger partial charge is 0.469 e. The van der Waals surface area contributed by atoms with Crippen LogP contribution in [0.5, 0.6) is 0 Å². The van der Waals surface area contributed by atoms with Crippen molar-refractivity contribution in [3.8, 4) is 0 Å². The fourth-order valence-electron chi connectivity index (χ4n) is 1.59. The summed E-state index contributed by atoms with van der Waals surface area (Å²) < 4.78 is 16.1. The van der Waals surface area contributed by atoms with Crippen LogP contribution in [0.4, 0.5) is 0 Å². The zero-order chi connectivity index (χ0) is 17.4. The molecule has 0 bridgehead atoms. The minimum absolute atomic E-state index is 0.00743. The van der Waals surface area contributed by atoms with Crippen LogP contribution in [-0.4, -0.2) is 40.1 Å². The summed E-state index contributed by atoms with van der Waals surface area (Å²) in [4.78, 5) is 23.5. The highest BCUT2D eigenvalue weighted by atomic mass is 28.4. The molecule has 0 saturated carbocycles. The van der Waals surface area contributed by atoms with Gasteiger partial charge in [0.05, 0.1) is 32.7 Å². The van der Waals surface area contributed by atoms with E-state index in [0.717, 1.165) is 12.8 Å². The molecule has 1 atom stereocenters. The van der Waals surface area contributed by atoms with Gasteiger partial charge in [0.15, 0.2) is 8.32 Å². The topological polar surface area (TPSA) is 61.8 Å². The highest BCUT2D eigenvalue weighted by molar-refractivity contribution is 6.74. The Hall–Kier alpha value is -0.883. The lowest BCUT2D eigenvalue weighted by atomic mass is 10.2. The molecule has 0 heterocycles. The minimum Gasteiger partial charge on any atom is -0.469 e. The molecule has 0 unspecified atom stereocenters. The van der Waals surface area contributed by atoms with E-state index in [1.807, 2.05) is 6.92 Å². The Morgan fingerprint density at radius 2 is 1.64 bits per heavy atom. The molecule has 0 fully saturated rings. The number of esters is 2. The van der Waals surface area contributed by atoms with Crippen LogP contribution in [0.1, 0.15) is 53.4 Å². The zero-order valence-electron chi connectivity index (χ0n) is 15.2. The molecule has 0 aromatic heterocycles. The first-order valence-corrected chi connectivity index (χ1v) is 10.8. The molecule has 0 aliphatic rings. The first-order valence-electron chi connectivity index (χ1n) is 7.93. The summed E-state index contributed by atoms with van der Waals surface area (Å²) in [5, 5.41) is 0.00743. The average Bonchev–Trinajstić information content (AvgIpc) is 2.36. The molecular weight excluding hydrogens is 300 g/mol. The van der Waals surface area contributed by atoms with Gasteiger partial charge in [-0.1, -0.05) is 34.1 Å². The third kappa shape index (κ3) is 7.94. The summed E-state index contributed by atoms with van der Waals surface area (Å²) in [5.41, 5.74) is 0. The van der Waals surface area contributed by atoms with Gasteiger partial charge in [0.2, 0.25) is 0 Å². The maximum atomic E-state index is 11.9. The monoisotopic (exact) mass is 332 g/mol. The van der Waals surface area contributed by atoms with Crippen molar-refractivity contribution < 1.29 is 23.5 Å². The van der Waals surface area contributed by atoms with E-state index in [0.29, 0.717) is 6.61 Å². The van der Waals surface area contributed by atoms with E-state index in [1.54, 1.807) is 0 Å². The minimum atomic E-state index is -2.07. The molecule has 5 nitrogen and oxygen atoms in total. The van der Waals surface area contributed by atoms with E-state index < -0.39 is 14.4 Å². The quantitative estimate of drug-likeness (QED) is 0.366. The van der Waals surface area contributed by atoms with Gasteiger partial charge in [-0.15, -0.1) is 0 Å². The number of hydrogen-bond acceptors (Lipinski definition) is 5. The average molecular weight is 333 g/mol. The van der Waals surface area contributed by atoms with Crippen LogP contribution in [0, 0.1) is 0 Å². The van der Waals surface area contributed by atoms with Crippen molar-refractivity contribution in [2.24, 2.45) is 0 Å². The molecule has 0 aliphatic heterocycles. The third-order valence-electron chi connectivity index (χ3n) is 4.04. The smallest absolute Gasteiger partial charge is 0.308 e. The SMILES string of the molecule is CCCCOC(=O)C[C@@H](CC(=O)OC)O[Si](C)(C)C(C)(C)C. The van der Waals surface area contributed by atoms with Crippen LogP contribution < -0.4 is 0 Å². The third-order valence-corrected chi connectivity index (χ3v) is 8.58. The summed E-state index contributed by atoms with van der Waals surface area (Å²) in [6, 6.07) is 0. The van der Waals surface area contributed by atoms with Crippen molar-refractivity contribution in [1.29, 1.82) is 0 Å². The lowest BCUT2D eigenvalue weighted by molar-refractivity contribution is -0.147. The van der Waals surface area contributed by atoms with E-state index >= 15 is 0 Å². The molecule has 0 aliphatic carbocycles. The molecule has 0 aromatic carbocycles. The summed E-state index contributed by atoms with van der Waals surface area (Å²) in [7, 11) is -0.730. The number of hydrogen-bond donors (Lipinski definition) is 0. The Kier molecular flexibility index (Phi) is 8.93. The molecule has 0 radical (unpaired) electrons. The van der Waals surface area contributed by atoms with Crippen molar-refractivity contribution in [3.63, 3.8) is 0 Å². The zero-order valence-corrected chi connectivity index (χ0v) is 16.2. The van der Waals surface area contributed by atoms with Gasteiger partial charge in [-0.3, -0.25) is 9.59 Å². The predicted molar refractivity (Wildman–Crippen MR) is 89.2 cm³/mol. The van der Waals surface area contributed by atoms with Crippen LogP contribution in [-0.2, 0) is 23.5 Å². The van der Waals surface area contributed by atoms with Crippen LogP contribution in [0.15, 0.2) is 0 Å². The molecule has 6 heteroatoms. The molecule has 0 aromatic rings. The van der Waals surface area contributed by atoms with Gasteiger partial charge in [0, 0.05) is 0 Å². The van der Waals surface area contributed by atoms with Crippen LogP contribution in [0.25, 0.3) is 0 Å². The highest BCUT2D eigenvalue weighted by Gasteiger charge is 2.40. The van der Waals surface area contributed by atoms with Gasteiger partial charge in [0.1, 0.15) is 0 Å². The van der Waals surface area contributed by atoms with Crippen molar-refractivity contribution in [2.75, 3.05) is 13.7 Å². The lowest BCUT2D eigenvalue weighted by Crippen LogP contribution is -2.45. The second-order valence-electron chi connectivity index (χ2n) is 7.06. The standard InChI is InChI=1S/C16H32O5Si/c1-8-9-10-20-15(18)12-13(11-14(17)19-5)21-22(6,7)16(2,3)4/h13H,8-12H2,1-7H3/t13-/m1/s1. The lowest BCUT2D eigenvalue weighted by Gasteiger charge is -2.38. The van der Waals surface area contributed by atoms with Gasteiger partial charge < -0.3 is 13.9 Å². The van der Waals surface area contributed by atoms with E-state index in [9.17, 15) is 9.59 Å². The molecule has 0 amide bonds. The van der Waals surface area contributed by atoms with Crippen molar-refractivity contribution in [2.45, 2.75) is 77.6 Å². The second kappa shape index (κ2) is 9.30. The molecule has 22 heavy (non-hydrogen) atoms. The van der Waals surface area contributed by atoms with E-state index in [2.05, 4.69) is 33.9 Å². The maximum Gasteiger partial charge on any atom is 0.308 e. The normalized spacial score (nSPS) is 13.6. The van der Waals surface area contributed by atoms with Crippen LogP contribution in [0.3, 0.4) is 0 Å².